The van der Waals surface area contributed by atoms with Crippen molar-refractivity contribution in [3.63, 3.8) is 0 Å². The molecule has 3 aliphatic heterocycles. The fraction of sp³-hybridized carbons (Fsp3) is 0.368. The van der Waals surface area contributed by atoms with Gasteiger partial charge in [-0.05, 0) is 65.9 Å². The van der Waals surface area contributed by atoms with E-state index in [1.807, 2.05) is 12.1 Å². The third kappa shape index (κ3) is 2.05. The van der Waals surface area contributed by atoms with Crippen molar-refractivity contribution >= 4 is 28.9 Å². The number of halogens is 2. The monoisotopic (exact) mass is 344 g/mol. The van der Waals surface area contributed by atoms with Crippen molar-refractivity contribution < 1.29 is 0 Å². The van der Waals surface area contributed by atoms with Gasteiger partial charge in [0.15, 0.2) is 0 Å². The summed E-state index contributed by atoms with van der Waals surface area (Å²) in [6, 6.07) is 11.4. The van der Waals surface area contributed by atoms with Crippen LogP contribution in [0, 0.1) is 0 Å². The molecule has 1 fully saturated rings. The van der Waals surface area contributed by atoms with Gasteiger partial charge in [0.05, 0.1) is 10.0 Å². The summed E-state index contributed by atoms with van der Waals surface area (Å²) in [5.41, 5.74) is 6.97. The number of piperidine rings is 1. The number of rotatable bonds is 1. The van der Waals surface area contributed by atoms with Crippen molar-refractivity contribution in [3.8, 4) is 11.1 Å². The Kier molecular flexibility index (Phi) is 3.16. The Morgan fingerprint density at radius 3 is 2.83 bits per heavy atom. The Bertz CT molecular complexity index is 802. The van der Waals surface area contributed by atoms with Gasteiger partial charge in [-0.3, -0.25) is 0 Å². The van der Waals surface area contributed by atoms with Crippen molar-refractivity contribution in [1.82, 2.24) is 5.32 Å². The summed E-state index contributed by atoms with van der Waals surface area (Å²) in [5, 5.41) is 4.81. The van der Waals surface area contributed by atoms with Gasteiger partial charge < -0.3 is 10.2 Å². The zero-order valence-corrected chi connectivity index (χ0v) is 14.3. The van der Waals surface area contributed by atoms with Gasteiger partial charge in [0.25, 0.3) is 0 Å². The smallest absolute Gasteiger partial charge is 0.0598 e. The molecule has 3 heterocycles. The number of hydrogen-bond donors (Lipinski definition) is 1. The number of nitrogens with one attached hydrogen (secondary N) is 1. The van der Waals surface area contributed by atoms with Crippen LogP contribution in [0.3, 0.4) is 0 Å². The van der Waals surface area contributed by atoms with Crippen molar-refractivity contribution in [3.05, 3.63) is 51.5 Å². The summed E-state index contributed by atoms with van der Waals surface area (Å²) in [4.78, 5) is 2.66. The van der Waals surface area contributed by atoms with Crippen LogP contribution in [0.2, 0.25) is 10.0 Å². The highest BCUT2D eigenvalue weighted by atomic mass is 35.5. The van der Waals surface area contributed by atoms with Crippen LogP contribution >= 0.6 is 23.2 Å². The summed E-state index contributed by atoms with van der Waals surface area (Å²) >= 11 is 12.3. The highest BCUT2D eigenvalue weighted by molar-refractivity contribution is 6.42. The van der Waals surface area contributed by atoms with E-state index in [2.05, 4.69) is 28.4 Å². The lowest BCUT2D eigenvalue weighted by Gasteiger charge is -2.32. The molecule has 0 bridgehead atoms. The average molecular weight is 345 g/mol. The van der Waals surface area contributed by atoms with Crippen molar-refractivity contribution in [1.29, 1.82) is 0 Å². The van der Waals surface area contributed by atoms with E-state index in [4.69, 9.17) is 23.2 Å². The molecule has 0 amide bonds. The zero-order chi connectivity index (χ0) is 15.6. The maximum absolute atomic E-state index is 6.22. The third-order valence-corrected chi connectivity index (χ3v) is 6.36. The molecule has 1 N–H and O–H groups in total. The van der Waals surface area contributed by atoms with Gasteiger partial charge in [0.2, 0.25) is 0 Å². The molecule has 23 heavy (non-hydrogen) atoms. The molecule has 1 saturated heterocycles. The second-order valence-corrected chi connectivity index (χ2v) is 7.63. The van der Waals surface area contributed by atoms with Crippen molar-refractivity contribution in [2.45, 2.75) is 24.8 Å². The van der Waals surface area contributed by atoms with E-state index in [-0.39, 0.29) is 0 Å². The normalized spacial score (nSPS) is 24.7. The van der Waals surface area contributed by atoms with E-state index >= 15 is 0 Å². The predicted molar refractivity (Wildman–Crippen MR) is 97.0 cm³/mol. The molecule has 0 saturated carbocycles. The maximum Gasteiger partial charge on any atom is 0.0598 e. The first-order chi connectivity index (χ1) is 11.2. The largest absolute Gasteiger partial charge is 0.367 e. The quantitative estimate of drug-likeness (QED) is 0.820. The minimum absolute atomic E-state index is 0.615. The number of fused-ring (bicyclic) bond motifs is 3. The SMILES string of the molecule is Clc1ccc(-c2cc3c4c(c2)[C@@H]2CNCC[C@@H]2N4CC3)cc1Cl. The van der Waals surface area contributed by atoms with Crippen LogP contribution in [-0.2, 0) is 6.42 Å². The molecule has 0 radical (unpaired) electrons. The van der Waals surface area contributed by atoms with Crippen LogP contribution < -0.4 is 10.2 Å². The lowest BCUT2D eigenvalue weighted by atomic mass is 9.87. The summed E-state index contributed by atoms with van der Waals surface area (Å²) in [6.07, 6.45) is 2.41. The standard InChI is InChI=1S/C19H18Cl2N2/c20-16-2-1-11(9-17(16)21)13-7-12-4-6-23-18-3-5-22-10-15(18)14(8-13)19(12)23/h1-2,7-9,15,18,22H,3-6,10H2/t15-,18-/m0/s1. The number of nitrogens with zero attached hydrogens (tertiary/aromatic N) is 1. The van der Waals surface area contributed by atoms with Crippen molar-refractivity contribution in [2.24, 2.45) is 0 Å². The Morgan fingerprint density at radius 2 is 1.96 bits per heavy atom. The lowest BCUT2D eigenvalue weighted by molar-refractivity contribution is 0.405. The Morgan fingerprint density at radius 1 is 1.04 bits per heavy atom. The molecule has 2 atom stereocenters. The third-order valence-electron chi connectivity index (χ3n) is 5.63. The van der Waals surface area contributed by atoms with E-state index in [9.17, 15) is 0 Å². The summed E-state index contributed by atoms with van der Waals surface area (Å²) in [7, 11) is 0. The van der Waals surface area contributed by atoms with E-state index in [0.717, 1.165) is 25.1 Å². The van der Waals surface area contributed by atoms with E-state index in [1.54, 1.807) is 0 Å². The Balaban J connectivity index is 1.66. The number of benzene rings is 2. The maximum atomic E-state index is 6.22. The molecule has 3 aliphatic rings. The summed E-state index contributed by atoms with van der Waals surface area (Å²) < 4.78 is 0. The Hall–Kier alpha value is -1.22. The highest BCUT2D eigenvalue weighted by Gasteiger charge is 2.43. The van der Waals surface area contributed by atoms with Crippen molar-refractivity contribution in [2.75, 3.05) is 24.5 Å². The van der Waals surface area contributed by atoms with E-state index < -0.39 is 0 Å². The van der Waals surface area contributed by atoms with Gasteiger partial charge in [-0.25, -0.2) is 0 Å². The fourth-order valence-electron chi connectivity index (χ4n) is 4.60. The lowest BCUT2D eigenvalue weighted by Crippen LogP contribution is -2.43. The van der Waals surface area contributed by atoms with Crippen LogP contribution in [0.5, 0.6) is 0 Å². The molecule has 0 spiro atoms. The average Bonchev–Trinajstić information content (AvgIpc) is 3.13. The summed E-state index contributed by atoms with van der Waals surface area (Å²) in [6.45, 7) is 3.41. The molecule has 2 nitrogen and oxygen atoms in total. The topological polar surface area (TPSA) is 15.3 Å². The molecule has 4 heteroatoms. The second kappa shape index (κ2) is 5.14. The fourth-order valence-corrected chi connectivity index (χ4v) is 4.90. The Labute approximate surface area is 146 Å². The number of anilines is 1. The molecule has 2 aromatic carbocycles. The molecule has 118 valence electrons. The van der Waals surface area contributed by atoms with Crippen LogP contribution in [0.4, 0.5) is 5.69 Å². The first-order valence-electron chi connectivity index (χ1n) is 8.32. The minimum atomic E-state index is 0.615. The van der Waals surface area contributed by atoms with Crippen LogP contribution in [0.15, 0.2) is 30.3 Å². The van der Waals surface area contributed by atoms with Crippen LogP contribution in [-0.4, -0.2) is 25.7 Å². The molecular formula is C19H18Cl2N2. The van der Waals surface area contributed by atoms with Gasteiger partial charge in [-0.15, -0.1) is 0 Å². The van der Waals surface area contributed by atoms with Gasteiger partial charge in [0, 0.05) is 30.7 Å². The zero-order valence-electron chi connectivity index (χ0n) is 12.8. The van der Waals surface area contributed by atoms with Gasteiger partial charge in [0.1, 0.15) is 0 Å². The molecule has 2 aromatic rings. The van der Waals surface area contributed by atoms with Crippen LogP contribution in [0.1, 0.15) is 23.5 Å². The first kappa shape index (κ1) is 14.2. The predicted octanol–water partition coefficient (Wildman–Crippen LogP) is 4.48. The molecular weight excluding hydrogens is 327 g/mol. The molecule has 0 aliphatic carbocycles. The summed E-state index contributed by atoms with van der Waals surface area (Å²) in [5.74, 6) is 0.625. The molecule has 0 aromatic heterocycles. The van der Waals surface area contributed by atoms with E-state index in [1.165, 1.54) is 35.3 Å². The second-order valence-electron chi connectivity index (χ2n) is 6.81. The van der Waals surface area contributed by atoms with Gasteiger partial charge >= 0.3 is 0 Å². The molecule has 5 rings (SSSR count). The van der Waals surface area contributed by atoms with E-state index in [0.29, 0.717) is 22.0 Å². The first-order valence-corrected chi connectivity index (χ1v) is 9.07. The van der Waals surface area contributed by atoms with Gasteiger partial charge in [-0.1, -0.05) is 29.3 Å². The minimum Gasteiger partial charge on any atom is -0.367 e. The van der Waals surface area contributed by atoms with Crippen LogP contribution in [0.25, 0.3) is 11.1 Å². The highest BCUT2D eigenvalue weighted by Crippen LogP contribution is 2.49. The van der Waals surface area contributed by atoms with Gasteiger partial charge in [-0.2, -0.15) is 0 Å². The number of hydrogen-bond acceptors (Lipinski definition) is 2. The molecule has 0 unspecified atom stereocenters.